The zero-order valence-electron chi connectivity index (χ0n) is 13.6. The summed E-state index contributed by atoms with van der Waals surface area (Å²) in [6.45, 7) is 2.10. The second kappa shape index (κ2) is 6.53. The Labute approximate surface area is 141 Å². The Kier molecular flexibility index (Phi) is 4.60. The first-order valence-electron chi connectivity index (χ1n) is 7.85. The minimum Gasteiger partial charge on any atom is -0.494 e. The van der Waals surface area contributed by atoms with E-state index in [0.29, 0.717) is 11.5 Å². The van der Waals surface area contributed by atoms with Gasteiger partial charge < -0.3 is 4.74 Å². The molecule has 1 fully saturated rings. The van der Waals surface area contributed by atoms with Crippen molar-refractivity contribution in [1.82, 2.24) is 4.72 Å². The number of benzene rings is 2. The minimum atomic E-state index is -3.51. The zero-order valence-corrected chi connectivity index (χ0v) is 14.4. The highest BCUT2D eigenvalue weighted by Crippen LogP contribution is 2.29. The maximum atomic E-state index is 13.8. The predicted molar refractivity (Wildman–Crippen MR) is 90.9 cm³/mol. The van der Waals surface area contributed by atoms with Crippen LogP contribution in [0.3, 0.4) is 0 Å². The van der Waals surface area contributed by atoms with E-state index in [0.717, 1.165) is 18.4 Å². The standard InChI is InChI=1S/C18H20FNO3S/c1-12-9-15(10-12)20-24(21,22)16-6-3-13(4-7-16)14-5-8-18(23-2)17(19)11-14/h3-8,11-12,15,20H,9-10H2,1-2H3. The molecule has 0 amide bonds. The normalized spacial score (nSPS) is 20.5. The van der Waals surface area contributed by atoms with Gasteiger partial charge in [-0.15, -0.1) is 0 Å². The molecule has 0 spiro atoms. The fraction of sp³-hybridized carbons (Fsp3) is 0.333. The van der Waals surface area contributed by atoms with Gasteiger partial charge in [-0.1, -0.05) is 25.1 Å². The molecule has 24 heavy (non-hydrogen) atoms. The van der Waals surface area contributed by atoms with Crippen LogP contribution in [0.25, 0.3) is 11.1 Å². The molecule has 0 heterocycles. The monoisotopic (exact) mass is 349 g/mol. The number of hydrogen-bond donors (Lipinski definition) is 1. The average molecular weight is 349 g/mol. The molecular weight excluding hydrogens is 329 g/mol. The molecule has 0 unspecified atom stereocenters. The van der Waals surface area contributed by atoms with E-state index in [1.165, 1.54) is 13.2 Å². The molecule has 2 aromatic carbocycles. The molecule has 1 N–H and O–H groups in total. The molecule has 0 bridgehead atoms. The lowest BCUT2D eigenvalue weighted by molar-refractivity contribution is 0.270. The summed E-state index contributed by atoms with van der Waals surface area (Å²) in [6, 6.07) is 11.1. The van der Waals surface area contributed by atoms with Gasteiger partial charge in [0, 0.05) is 6.04 Å². The Balaban J connectivity index is 1.79. The Morgan fingerprint density at radius 1 is 1.08 bits per heavy atom. The van der Waals surface area contributed by atoms with Gasteiger partial charge in [0.1, 0.15) is 0 Å². The number of methoxy groups -OCH3 is 1. The molecule has 0 saturated heterocycles. The summed E-state index contributed by atoms with van der Waals surface area (Å²) >= 11 is 0. The second-order valence-electron chi connectivity index (χ2n) is 6.27. The van der Waals surface area contributed by atoms with Gasteiger partial charge in [0.15, 0.2) is 11.6 Å². The SMILES string of the molecule is COc1ccc(-c2ccc(S(=O)(=O)NC3CC(C)C3)cc2)cc1F. The van der Waals surface area contributed by atoms with Gasteiger partial charge in [0.05, 0.1) is 12.0 Å². The van der Waals surface area contributed by atoms with Crippen molar-refractivity contribution in [1.29, 1.82) is 0 Å². The van der Waals surface area contributed by atoms with Gasteiger partial charge in [-0.25, -0.2) is 17.5 Å². The lowest BCUT2D eigenvalue weighted by Crippen LogP contribution is -2.43. The van der Waals surface area contributed by atoms with Crippen molar-refractivity contribution in [2.75, 3.05) is 7.11 Å². The number of rotatable bonds is 5. The van der Waals surface area contributed by atoms with Crippen LogP contribution in [0, 0.1) is 11.7 Å². The highest BCUT2D eigenvalue weighted by molar-refractivity contribution is 7.89. The topological polar surface area (TPSA) is 55.4 Å². The Bertz CT molecular complexity index is 828. The number of ether oxygens (including phenoxy) is 1. The van der Waals surface area contributed by atoms with Crippen LogP contribution in [0.4, 0.5) is 4.39 Å². The molecule has 0 atom stereocenters. The first-order valence-corrected chi connectivity index (χ1v) is 9.33. The largest absolute Gasteiger partial charge is 0.494 e. The Morgan fingerprint density at radius 2 is 1.71 bits per heavy atom. The summed E-state index contributed by atoms with van der Waals surface area (Å²) in [6.07, 6.45) is 1.75. The summed E-state index contributed by atoms with van der Waals surface area (Å²) in [4.78, 5) is 0.222. The Hall–Kier alpha value is -1.92. The maximum absolute atomic E-state index is 13.8. The second-order valence-corrected chi connectivity index (χ2v) is 7.98. The summed E-state index contributed by atoms with van der Waals surface area (Å²) in [5.74, 6) is 0.300. The van der Waals surface area contributed by atoms with Crippen LogP contribution in [-0.2, 0) is 10.0 Å². The molecule has 1 aliphatic rings. The zero-order chi connectivity index (χ0) is 17.3. The Morgan fingerprint density at radius 3 is 2.25 bits per heavy atom. The molecular formula is C18H20FNO3S. The van der Waals surface area contributed by atoms with Gasteiger partial charge in [0.25, 0.3) is 0 Å². The van der Waals surface area contributed by atoms with Crippen LogP contribution in [0.5, 0.6) is 5.75 Å². The summed E-state index contributed by atoms with van der Waals surface area (Å²) < 4.78 is 46.1. The summed E-state index contributed by atoms with van der Waals surface area (Å²) in [7, 11) is -2.10. The van der Waals surface area contributed by atoms with Crippen molar-refractivity contribution in [2.45, 2.75) is 30.7 Å². The first-order chi connectivity index (χ1) is 11.4. The number of nitrogens with one attached hydrogen (secondary N) is 1. The molecule has 0 aromatic heterocycles. The first kappa shape index (κ1) is 16.9. The highest BCUT2D eigenvalue weighted by Gasteiger charge is 2.29. The number of halogens is 1. The van der Waals surface area contributed by atoms with Crippen molar-refractivity contribution in [2.24, 2.45) is 5.92 Å². The molecule has 2 aromatic rings. The van der Waals surface area contributed by atoms with Crippen LogP contribution in [-0.4, -0.2) is 21.6 Å². The predicted octanol–water partition coefficient (Wildman–Crippen LogP) is 3.58. The van der Waals surface area contributed by atoms with Gasteiger partial charge in [-0.05, 0) is 54.2 Å². The van der Waals surface area contributed by atoms with E-state index in [1.807, 2.05) is 0 Å². The third-order valence-electron chi connectivity index (χ3n) is 4.35. The maximum Gasteiger partial charge on any atom is 0.240 e. The molecule has 4 nitrogen and oxygen atoms in total. The van der Waals surface area contributed by atoms with E-state index < -0.39 is 15.8 Å². The van der Waals surface area contributed by atoms with E-state index in [1.54, 1.807) is 36.4 Å². The van der Waals surface area contributed by atoms with Crippen LogP contribution in [0.1, 0.15) is 19.8 Å². The van der Waals surface area contributed by atoms with Crippen molar-refractivity contribution in [3.05, 3.63) is 48.3 Å². The number of hydrogen-bond acceptors (Lipinski definition) is 3. The fourth-order valence-electron chi connectivity index (χ4n) is 2.96. The summed E-state index contributed by atoms with van der Waals surface area (Å²) in [5.41, 5.74) is 1.41. The van der Waals surface area contributed by atoms with E-state index in [-0.39, 0.29) is 16.7 Å². The van der Waals surface area contributed by atoms with Crippen molar-refractivity contribution in [3.8, 4) is 16.9 Å². The molecule has 1 saturated carbocycles. The van der Waals surface area contributed by atoms with Gasteiger partial charge in [-0.2, -0.15) is 0 Å². The van der Waals surface area contributed by atoms with Crippen molar-refractivity contribution < 1.29 is 17.5 Å². The van der Waals surface area contributed by atoms with E-state index >= 15 is 0 Å². The third-order valence-corrected chi connectivity index (χ3v) is 5.88. The average Bonchev–Trinajstić information content (AvgIpc) is 2.53. The van der Waals surface area contributed by atoms with Crippen LogP contribution < -0.4 is 9.46 Å². The van der Waals surface area contributed by atoms with Crippen molar-refractivity contribution >= 4 is 10.0 Å². The van der Waals surface area contributed by atoms with E-state index in [2.05, 4.69) is 11.6 Å². The summed E-state index contributed by atoms with van der Waals surface area (Å²) in [5, 5.41) is 0. The van der Waals surface area contributed by atoms with Gasteiger partial charge >= 0.3 is 0 Å². The molecule has 6 heteroatoms. The quantitative estimate of drug-likeness (QED) is 0.898. The van der Waals surface area contributed by atoms with Gasteiger partial charge in [-0.3, -0.25) is 0 Å². The van der Waals surface area contributed by atoms with Gasteiger partial charge in [0.2, 0.25) is 10.0 Å². The molecule has 3 rings (SSSR count). The molecule has 0 radical (unpaired) electrons. The lowest BCUT2D eigenvalue weighted by Gasteiger charge is -2.32. The third kappa shape index (κ3) is 3.44. The lowest BCUT2D eigenvalue weighted by atomic mass is 9.83. The molecule has 128 valence electrons. The van der Waals surface area contributed by atoms with Crippen LogP contribution in [0.15, 0.2) is 47.4 Å². The highest BCUT2D eigenvalue weighted by atomic mass is 32.2. The van der Waals surface area contributed by atoms with Crippen LogP contribution in [0.2, 0.25) is 0 Å². The van der Waals surface area contributed by atoms with E-state index in [9.17, 15) is 12.8 Å². The fourth-order valence-corrected chi connectivity index (χ4v) is 4.22. The number of sulfonamides is 1. The van der Waals surface area contributed by atoms with Crippen molar-refractivity contribution in [3.63, 3.8) is 0 Å². The molecule has 0 aliphatic heterocycles. The van der Waals surface area contributed by atoms with Crippen LogP contribution >= 0.6 is 0 Å². The smallest absolute Gasteiger partial charge is 0.240 e. The minimum absolute atomic E-state index is 0.0281. The van der Waals surface area contributed by atoms with E-state index in [4.69, 9.17) is 4.74 Å². The molecule has 1 aliphatic carbocycles.